The number of rotatable bonds is 3. The lowest BCUT2D eigenvalue weighted by molar-refractivity contribution is -0.144. The van der Waals surface area contributed by atoms with E-state index in [1.165, 1.54) is 0 Å². The molecule has 2 fully saturated rings. The topological polar surface area (TPSA) is 91.4 Å². The van der Waals surface area contributed by atoms with Gasteiger partial charge in [-0.1, -0.05) is 5.16 Å². The van der Waals surface area contributed by atoms with Gasteiger partial charge in [0.05, 0.1) is 11.6 Å². The molecule has 21 heavy (non-hydrogen) atoms. The van der Waals surface area contributed by atoms with E-state index in [0.717, 1.165) is 12.8 Å². The average molecular weight is 298 g/mol. The molecule has 0 aromatic rings. The Morgan fingerprint density at radius 2 is 1.90 bits per heavy atom. The van der Waals surface area contributed by atoms with Gasteiger partial charge in [0.15, 0.2) is 5.84 Å². The van der Waals surface area contributed by atoms with Crippen molar-refractivity contribution in [2.45, 2.75) is 51.4 Å². The molecule has 0 aliphatic carbocycles. The van der Waals surface area contributed by atoms with E-state index in [-0.39, 0.29) is 24.0 Å². The Hall–Kier alpha value is -1.34. The van der Waals surface area contributed by atoms with Crippen LogP contribution >= 0.6 is 0 Å². The van der Waals surface area contributed by atoms with E-state index in [4.69, 9.17) is 15.7 Å². The number of nitrogens with zero attached hydrogens (tertiary/aromatic N) is 3. The van der Waals surface area contributed by atoms with Crippen LogP contribution in [-0.4, -0.2) is 70.7 Å². The van der Waals surface area contributed by atoms with Gasteiger partial charge >= 0.3 is 0 Å². The van der Waals surface area contributed by atoms with Gasteiger partial charge in [0.25, 0.3) is 5.91 Å². The number of ether oxygens (including phenoxy) is 1. The number of hydrogen-bond donors (Lipinski definition) is 2. The molecule has 120 valence electrons. The normalized spacial score (nSPS) is 28.9. The van der Waals surface area contributed by atoms with Crippen LogP contribution in [0.2, 0.25) is 0 Å². The number of oxime groups is 1. The van der Waals surface area contributed by atoms with Crippen LogP contribution in [0.4, 0.5) is 0 Å². The van der Waals surface area contributed by atoms with Crippen LogP contribution in [-0.2, 0) is 9.53 Å². The third-order valence-corrected chi connectivity index (χ3v) is 4.62. The van der Waals surface area contributed by atoms with Crippen molar-refractivity contribution >= 4 is 11.7 Å². The van der Waals surface area contributed by atoms with Crippen LogP contribution < -0.4 is 5.73 Å². The molecule has 1 amide bonds. The van der Waals surface area contributed by atoms with Gasteiger partial charge in [-0.15, -0.1) is 0 Å². The molecule has 2 atom stereocenters. The van der Waals surface area contributed by atoms with Crippen molar-refractivity contribution in [3.05, 3.63) is 0 Å². The molecule has 7 nitrogen and oxygen atoms in total. The lowest BCUT2D eigenvalue weighted by Gasteiger charge is -2.43. The molecule has 0 aromatic heterocycles. The summed E-state index contributed by atoms with van der Waals surface area (Å²) in [6.07, 6.45) is 1.67. The molecule has 0 spiro atoms. The highest BCUT2D eigenvalue weighted by molar-refractivity contribution is 5.88. The molecule has 3 N–H and O–H groups in total. The summed E-state index contributed by atoms with van der Waals surface area (Å²) < 4.78 is 5.65. The number of amidine groups is 1. The number of carbonyl (C=O) groups is 1. The molecule has 0 saturated carbocycles. The van der Waals surface area contributed by atoms with Gasteiger partial charge in [0.2, 0.25) is 0 Å². The molecular formula is C14H26N4O3. The van der Waals surface area contributed by atoms with Crippen LogP contribution in [0, 0.1) is 0 Å². The highest BCUT2D eigenvalue weighted by Crippen LogP contribution is 2.23. The maximum Gasteiger partial charge on any atom is 0.251 e. The maximum absolute atomic E-state index is 12.4. The van der Waals surface area contributed by atoms with Crippen molar-refractivity contribution in [3.8, 4) is 0 Å². The monoisotopic (exact) mass is 298 g/mol. The Morgan fingerprint density at radius 1 is 1.29 bits per heavy atom. The van der Waals surface area contributed by atoms with Crippen molar-refractivity contribution < 1.29 is 14.7 Å². The second kappa shape index (κ2) is 6.19. The quantitative estimate of drug-likeness (QED) is 0.337. The summed E-state index contributed by atoms with van der Waals surface area (Å²) in [5, 5.41) is 12.0. The lowest BCUT2D eigenvalue weighted by Crippen LogP contribution is -2.61. The van der Waals surface area contributed by atoms with Crippen molar-refractivity contribution in [3.63, 3.8) is 0 Å². The van der Waals surface area contributed by atoms with Crippen LogP contribution in [0.25, 0.3) is 0 Å². The number of amides is 1. The molecule has 2 heterocycles. The SMILES string of the molecule is CC1CCC(C(=O)N2CCN(C(C)(C)C(N)=NO)CC2)O1. The van der Waals surface area contributed by atoms with Gasteiger partial charge < -0.3 is 20.6 Å². The Bertz CT molecular complexity index is 416. The number of carbonyl (C=O) groups excluding carboxylic acids is 1. The third kappa shape index (κ3) is 3.29. The summed E-state index contributed by atoms with van der Waals surface area (Å²) in [4.78, 5) is 16.4. The molecule has 0 bridgehead atoms. The fraction of sp³-hybridized carbons (Fsp3) is 0.857. The molecule has 2 saturated heterocycles. The first-order chi connectivity index (χ1) is 9.86. The minimum atomic E-state index is -0.512. The lowest BCUT2D eigenvalue weighted by atomic mass is 10.00. The molecular weight excluding hydrogens is 272 g/mol. The van der Waals surface area contributed by atoms with Gasteiger partial charge in [-0.2, -0.15) is 0 Å². The molecule has 2 aliphatic rings. The maximum atomic E-state index is 12.4. The zero-order valence-corrected chi connectivity index (χ0v) is 13.1. The van der Waals surface area contributed by atoms with E-state index in [1.807, 2.05) is 25.7 Å². The number of hydrogen-bond acceptors (Lipinski definition) is 5. The van der Waals surface area contributed by atoms with Crippen molar-refractivity contribution in [2.75, 3.05) is 26.2 Å². The summed E-state index contributed by atoms with van der Waals surface area (Å²) in [7, 11) is 0. The smallest absolute Gasteiger partial charge is 0.251 e. The first-order valence-electron chi connectivity index (χ1n) is 7.53. The van der Waals surface area contributed by atoms with E-state index in [2.05, 4.69) is 10.1 Å². The van der Waals surface area contributed by atoms with E-state index in [9.17, 15) is 4.79 Å². The first-order valence-corrected chi connectivity index (χ1v) is 7.53. The molecule has 2 unspecified atom stereocenters. The zero-order chi connectivity index (χ0) is 15.6. The second-order valence-corrected chi connectivity index (χ2v) is 6.37. The van der Waals surface area contributed by atoms with E-state index >= 15 is 0 Å². The highest BCUT2D eigenvalue weighted by Gasteiger charge is 2.37. The van der Waals surface area contributed by atoms with Crippen LogP contribution in [0.5, 0.6) is 0 Å². The minimum Gasteiger partial charge on any atom is -0.409 e. The fourth-order valence-electron chi connectivity index (χ4n) is 2.96. The van der Waals surface area contributed by atoms with E-state index in [1.54, 1.807) is 0 Å². The highest BCUT2D eigenvalue weighted by atomic mass is 16.5. The zero-order valence-electron chi connectivity index (χ0n) is 13.1. The van der Waals surface area contributed by atoms with Crippen LogP contribution in [0.3, 0.4) is 0 Å². The molecule has 7 heteroatoms. The Labute approximate surface area is 125 Å². The van der Waals surface area contributed by atoms with Crippen molar-refractivity contribution in [1.82, 2.24) is 9.80 Å². The number of nitrogens with two attached hydrogens (primary N) is 1. The summed E-state index contributed by atoms with van der Waals surface area (Å²) in [6.45, 7) is 8.55. The summed E-state index contributed by atoms with van der Waals surface area (Å²) >= 11 is 0. The standard InChI is InChI=1S/C14H26N4O3/c1-10-4-5-11(21-10)12(19)17-6-8-18(9-7-17)14(2,3)13(15)16-20/h10-11,20H,4-9H2,1-3H3,(H2,15,16). The molecule has 2 rings (SSSR count). The van der Waals surface area contributed by atoms with Crippen LogP contribution in [0.15, 0.2) is 5.16 Å². The fourth-order valence-corrected chi connectivity index (χ4v) is 2.96. The number of piperazine rings is 1. The van der Waals surface area contributed by atoms with E-state index < -0.39 is 5.54 Å². The largest absolute Gasteiger partial charge is 0.409 e. The van der Waals surface area contributed by atoms with Gasteiger partial charge in [-0.25, -0.2) is 0 Å². The van der Waals surface area contributed by atoms with E-state index in [0.29, 0.717) is 26.2 Å². The second-order valence-electron chi connectivity index (χ2n) is 6.37. The summed E-state index contributed by atoms with van der Waals surface area (Å²) in [5.41, 5.74) is 5.24. The molecule has 0 aromatic carbocycles. The Kier molecular flexibility index (Phi) is 4.73. The van der Waals surface area contributed by atoms with Gasteiger partial charge in [0, 0.05) is 26.2 Å². The minimum absolute atomic E-state index is 0.0978. The Morgan fingerprint density at radius 3 is 2.38 bits per heavy atom. The average Bonchev–Trinajstić information content (AvgIpc) is 2.92. The summed E-state index contributed by atoms with van der Waals surface area (Å²) in [5.74, 6) is 0.288. The van der Waals surface area contributed by atoms with Gasteiger partial charge in [-0.3, -0.25) is 9.69 Å². The predicted octanol–water partition coefficient (Wildman–Crippen LogP) is 0.223. The van der Waals surface area contributed by atoms with Gasteiger partial charge in [-0.05, 0) is 33.6 Å². The van der Waals surface area contributed by atoms with Crippen molar-refractivity contribution in [1.29, 1.82) is 0 Å². The Balaban J connectivity index is 1.90. The first kappa shape index (κ1) is 16.0. The summed E-state index contributed by atoms with van der Waals surface area (Å²) in [6, 6.07) is 0. The third-order valence-electron chi connectivity index (χ3n) is 4.62. The van der Waals surface area contributed by atoms with Gasteiger partial charge in [0.1, 0.15) is 6.10 Å². The molecule has 0 radical (unpaired) electrons. The molecule has 2 aliphatic heterocycles. The van der Waals surface area contributed by atoms with Crippen LogP contribution in [0.1, 0.15) is 33.6 Å². The predicted molar refractivity (Wildman–Crippen MR) is 79.2 cm³/mol. The van der Waals surface area contributed by atoms with Crippen molar-refractivity contribution in [2.24, 2.45) is 10.9 Å².